The van der Waals surface area contributed by atoms with Crippen molar-refractivity contribution in [2.24, 2.45) is 0 Å². The average molecular weight is 261 g/mol. The highest BCUT2D eigenvalue weighted by Crippen LogP contribution is 2.29. The topological polar surface area (TPSA) is 20.3 Å². The van der Waals surface area contributed by atoms with E-state index in [0.717, 1.165) is 17.9 Å². The molecule has 0 aromatic heterocycles. The maximum absolute atomic E-state index is 12.3. The summed E-state index contributed by atoms with van der Waals surface area (Å²) in [6.07, 6.45) is -4.31. The second kappa shape index (κ2) is 4.60. The summed E-state index contributed by atoms with van der Waals surface area (Å²) in [6, 6.07) is 4.92. The zero-order valence-corrected chi connectivity index (χ0v) is 9.64. The van der Waals surface area contributed by atoms with E-state index in [1.807, 2.05) is 0 Å². The van der Waals surface area contributed by atoms with Crippen molar-refractivity contribution < 1.29 is 18.0 Å². The fourth-order valence-electron chi connectivity index (χ4n) is 1.59. The van der Waals surface area contributed by atoms with E-state index >= 15 is 0 Å². The molecule has 6 heteroatoms. The van der Waals surface area contributed by atoms with Crippen LogP contribution >= 0.6 is 11.8 Å². The minimum Gasteiger partial charge on any atom is -0.328 e. The van der Waals surface area contributed by atoms with Gasteiger partial charge in [-0.25, -0.2) is 0 Å². The lowest BCUT2D eigenvalue weighted by molar-refractivity contribution is -0.137. The van der Waals surface area contributed by atoms with Crippen LogP contribution in [0.3, 0.4) is 0 Å². The number of carbonyl (C=O) groups is 1. The molecule has 0 spiro atoms. The van der Waals surface area contributed by atoms with Crippen LogP contribution in [0.25, 0.3) is 0 Å². The van der Waals surface area contributed by atoms with E-state index in [9.17, 15) is 18.0 Å². The van der Waals surface area contributed by atoms with Gasteiger partial charge in [-0.1, -0.05) is 23.9 Å². The number of hydrogen-bond donors (Lipinski definition) is 0. The number of halogens is 3. The van der Waals surface area contributed by atoms with Crippen molar-refractivity contribution >= 4 is 17.0 Å². The Labute approximate surface area is 101 Å². The van der Waals surface area contributed by atoms with Crippen LogP contribution in [-0.2, 0) is 12.7 Å². The summed E-state index contributed by atoms with van der Waals surface area (Å²) in [5, 5.41) is -0.00935. The first-order valence-corrected chi connectivity index (χ1v) is 6.03. The Morgan fingerprint density at radius 1 is 1.24 bits per heavy atom. The van der Waals surface area contributed by atoms with Gasteiger partial charge in [-0.2, -0.15) is 13.2 Å². The molecular weight excluding hydrogens is 251 g/mol. The first-order valence-electron chi connectivity index (χ1n) is 5.04. The maximum atomic E-state index is 12.3. The van der Waals surface area contributed by atoms with Gasteiger partial charge < -0.3 is 4.90 Å². The van der Waals surface area contributed by atoms with Crippen LogP contribution in [0, 0.1) is 0 Å². The summed E-state index contributed by atoms with van der Waals surface area (Å²) in [4.78, 5) is 12.9. The summed E-state index contributed by atoms with van der Waals surface area (Å²) in [7, 11) is 0. The molecule has 2 nitrogen and oxygen atoms in total. The highest BCUT2D eigenvalue weighted by atomic mass is 32.2. The Bertz CT molecular complexity index is 416. The average Bonchev–Trinajstić information content (AvgIpc) is 2.64. The van der Waals surface area contributed by atoms with Crippen molar-refractivity contribution in [2.45, 2.75) is 12.7 Å². The minimum atomic E-state index is -4.31. The third-order valence-electron chi connectivity index (χ3n) is 2.50. The summed E-state index contributed by atoms with van der Waals surface area (Å²) in [6.45, 7) is 1.04. The lowest BCUT2D eigenvalue weighted by Crippen LogP contribution is -2.22. The first-order chi connectivity index (χ1) is 7.97. The first kappa shape index (κ1) is 12.3. The predicted octanol–water partition coefficient (Wildman–Crippen LogP) is 3.37. The molecule has 0 saturated carbocycles. The van der Waals surface area contributed by atoms with Gasteiger partial charge in [-0.15, -0.1) is 0 Å². The van der Waals surface area contributed by atoms with Crippen LogP contribution in [0.4, 0.5) is 18.0 Å². The molecule has 0 atom stereocenters. The highest BCUT2D eigenvalue weighted by Gasteiger charge is 2.30. The van der Waals surface area contributed by atoms with Gasteiger partial charge in [0.15, 0.2) is 0 Å². The lowest BCUT2D eigenvalue weighted by Gasteiger charge is -2.15. The molecule has 0 bridgehead atoms. The number of benzene rings is 1. The van der Waals surface area contributed by atoms with Gasteiger partial charge in [-0.3, -0.25) is 4.79 Å². The van der Waals surface area contributed by atoms with Gasteiger partial charge in [0.1, 0.15) is 0 Å². The fraction of sp³-hybridized carbons (Fsp3) is 0.364. The summed E-state index contributed by atoms with van der Waals surface area (Å²) in [5.41, 5.74) is 0.0530. The van der Waals surface area contributed by atoms with Crippen LogP contribution in [0.2, 0.25) is 0 Å². The van der Waals surface area contributed by atoms with Crippen LogP contribution in [0.5, 0.6) is 0 Å². The van der Waals surface area contributed by atoms with Crippen LogP contribution in [0.15, 0.2) is 24.3 Å². The standard InChI is InChI=1S/C11H10F3NOS/c12-11(13,14)9-3-1-8(2-4-9)7-15-5-6-17-10(15)16/h1-4H,5-7H2. The Morgan fingerprint density at radius 3 is 2.35 bits per heavy atom. The molecule has 1 fully saturated rings. The minimum absolute atomic E-state index is 0.00935. The van der Waals surface area contributed by atoms with Crippen molar-refractivity contribution in [1.29, 1.82) is 0 Å². The van der Waals surface area contributed by atoms with E-state index in [1.54, 1.807) is 4.90 Å². The maximum Gasteiger partial charge on any atom is 0.416 e. The van der Waals surface area contributed by atoms with Crippen LogP contribution in [-0.4, -0.2) is 22.4 Å². The van der Waals surface area contributed by atoms with Gasteiger partial charge >= 0.3 is 6.18 Å². The highest BCUT2D eigenvalue weighted by molar-refractivity contribution is 8.13. The Kier molecular flexibility index (Phi) is 3.33. The third kappa shape index (κ3) is 2.94. The molecule has 1 amide bonds. The smallest absolute Gasteiger partial charge is 0.328 e. The van der Waals surface area contributed by atoms with Crippen molar-refractivity contribution in [3.05, 3.63) is 35.4 Å². The molecule has 2 rings (SSSR count). The van der Waals surface area contributed by atoms with E-state index in [-0.39, 0.29) is 5.24 Å². The van der Waals surface area contributed by atoms with E-state index < -0.39 is 11.7 Å². The number of alkyl halides is 3. The SMILES string of the molecule is O=C1SCCN1Cc1ccc(C(F)(F)F)cc1. The van der Waals surface area contributed by atoms with Crippen molar-refractivity contribution in [3.63, 3.8) is 0 Å². The van der Waals surface area contributed by atoms with E-state index in [1.165, 1.54) is 23.9 Å². The van der Waals surface area contributed by atoms with Gasteiger partial charge in [0, 0.05) is 18.8 Å². The number of carbonyl (C=O) groups excluding carboxylic acids is 1. The lowest BCUT2D eigenvalue weighted by atomic mass is 10.1. The summed E-state index contributed by atoms with van der Waals surface area (Å²) < 4.78 is 37.0. The molecule has 1 aliphatic rings. The number of rotatable bonds is 2. The monoisotopic (exact) mass is 261 g/mol. The normalized spacial score (nSPS) is 16.6. The number of hydrogen-bond acceptors (Lipinski definition) is 2. The molecule has 0 aliphatic carbocycles. The van der Waals surface area contributed by atoms with E-state index in [4.69, 9.17) is 0 Å². The molecule has 1 aliphatic heterocycles. The Balaban J connectivity index is 2.06. The van der Waals surface area contributed by atoms with Crippen molar-refractivity contribution in [3.8, 4) is 0 Å². The van der Waals surface area contributed by atoms with Crippen LogP contribution < -0.4 is 0 Å². The van der Waals surface area contributed by atoms with Gasteiger partial charge in [0.2, 0.25) is 0 Å². The second-order valence-electron chi connectivity index (χ2n) is 3.73. The van der Waals surface area contributed by atoms with E-state index in [0.29, 0.717) is 18.7 Å². The predicted molar refractivity (Wildman–Crippen MR) is 59.7 cm³/mol. The van der Waals surface area contributed by atoms with Crippen molar-refractivity contribution in [2.75, 3.05) is 12.3 Å². The molecule has 0 N–H and O–H groups in total. The molecular formula is C11H10F3NOS. The zero-order chi connectivity index (χ0) is 12.5. The van der Waals surface area contributed by atoms with Crippen LogP contribution in [0.1, 0.15) is 11.1 Å². The molecule has 1 heterocycles. The van der Waals surface area contributed by atoms with E-state index in [2.05, 4.69) is 0 Å². The third-order valence-corrected chi connectivity index (χ3v) is 3.39. The molecule has 1 aromatic rings. The second-order valence-corrected chi connectivity index (χ2v) is 4.78. The molecule has 0 unspecified atom stereocenters. The fourth-order valence-corrected chi connectivity index (χ4v) is 2.41. The molecule has 0 radical (unpaired) electrons. The quantitative estimate of drug-likeness (QED) is 0.813. The molecule has 1 saturated heterocycles. The van der Waals surface area contributed by atoms with Gasteiger partial charge in [0.25, 0.3) is 5.24 Å². The molecule has 1 aromatic carbocycles. The van der Waals surface area contributed by atoms with Crippen molar-refractivity contribution in [1.82, 2.24) is 4.90 Å². The Hall–Kier alpha value is -1.17. The number of nitrogens with zero attached hydrogens (tertiary/aromatic N) is 1. The largest absolute Gasteiger partial charge is 0.416 e. The molecule has 17 heavy (non-hydrogen) atoms. The zero-order valence-electron chi connectivity index (χ0n) is 8.83. The van der Waals surface area contributed by atoms with Gasteiger partial charge in [-0.05, 0) is 17.7 Å². The number of thioether (sulfide) groups is 1. The summed E-state index contributed by atoms with van der Waals surface area (Å²) >= 11 is 1.24. The van der Waals surface area contributed by atoms with Gasteiger partial charge in [0.05, 0.1) is 5.56 Å². The summed E-state index contributed by atoms with van der Waals surface area (Å²) in [5.74, 6) is 0.749. The molecule has 92 valence electrons. The number of amides is 1. The Morgan fingerprint density at radius 2 is 1.88 bits per heavy atom.